The van der Waals surface area contributed by atoms with E-state index in [4.69, 9.17) is 27.9 Å². The smallest absolute Gasteiger partial charge is 0.233 e. The first-order valence-electron chi connectivity index (χ1n) is 8.08. The van der Waals surface area contributed by atoms with Crippen LogP contribution in [0.15, 0.2) is 18.2 Å². The normalized spacial score (nSPS) is 24.9. The maximum Gasteiger partial charge on any atom is 0.233 e. The standard InChI is InChI=1S/C17H19Cl2NO4/c18-10-5-6-14(19)15(7-10)24-9-11(21)8-20-16(22)12-3-1-2-4-13(12)17(20)23/h5-7,11-13,21H,1-4,8-9H2/t11-,12-,13+/m0/s1. The number of hydrogen-bond acceptors (Lipinski definition) is 4. The molecule has 24 heavy (non-hydrogen) atoms. The molecule has 7 heteroatoms. The lowest BCUT2D eigenvalue weighted by atomic mass is 9.81. The highest BCUT2D eigenvalue weighted by Gasteiger charge is 2.48. The van der Waals surface area contributed by atoms with Gasteiger partial charge in [-0.25, -0.2) is 0 Å². The number of halogens is 2. The molecule has 1 saturated carbocycles. The number of rotatable bonds is 5. The van der Waals surface area contributed by atoms with E-state index < -0.39 is 6.10 Å². The average molecular weight is 372 g/mol. The monoisotopic (exact) mass is 371 g/mol. The SMILES string of the molecule is O=C1[C@H]2CCCC[C@H]2C(=O)N1C[C@H](O)COc1cc(Cl)ccc1Cl. The molecule has 3 atom stereocenters. The van der Waals surface area contributed by atoms with Crippen molar-refractivity contribution in [3.8, 4) is 5.75 Å². The Labute approximate surface area is 150 Å². The summed E-state index contributed by atoms with van der Waals surface area (Å²) in [7, 11) is 0. The number of carbonyl (C=O) groups is 2. The van der Waals surface area contributed by atoms with Crippen molar-refractivity contribution in [3.63, 3.8) is 0 Å². The van der Waals surface area contributed by atoms with Crippen molar-refractivity contribution in [1.82, 2.24) is 4.90 Å². The number of amides is 2. The number of ether oxygens (including phenoxy) is 1. The minimum Gasteiger partial charge on any atom is -0.489 e. The summed E-state index contributed by atoms with van der Waals surface area (Å²) in [6.07, 6.45) is 2.50. The van der Waals surface area contributed by atoms with Gasteiger partial charge in [0.05, 0.1) is 23.4 Å². The molecule has 1 aromatic rings. The zero-order valence-electron chi connectivity index (χ0n) is 13.1. The Morgan fingerprint density at radius 3 is 2.42 bits per heavy atom. The number of carbonyl (C=O) groups excluding carboxylic acids is 2. The molecule has 0 spiro atoms. The van der Waals surface area contributed by atoms with E-state index in [9.17, 15) is 14.7 Å². The van der Waals surface area contributed by atoms with Gasteiger partial charge in [-0.1, -0.05) is 36.0 Å². The fourth-order valence-corrected chi connectivity index (χ4v) is 3.78. The third kappa shape index (κ3) is 3.53. The van der Waals surface area contributed by atoms with Gasteiger partial charge in [-0.05, 0) is 25.0 Å². The molecule has 0 radical (unpaired) electrons. The molecule has 1 aromatic carbocycles. The third-order valence-electron chi connectivity index (χ3n) is 4.65. The molecule has 3 rings (SSSR count). The number of imide groups is 1. The molecule has 1 heterocycles. The molecule has 0 bridgehead atoms. The highest BCUT2D eigenvalue weighted by atomic mass is 35.5. The average Bonchev–Trinajstić information content (AvgIpc) is 2.81. The van der Waals surface area contributed by atoms with Crippen molar-refractivity contribution in [2.24, 2.45) is 11.8 Å². The molecule has 130 valence electrons. The molecule has 2 aliphatic rings. The first kappa shape index (κ1) is 17.5. The number of benzene rings is 1. The Balaban J connectivity index is 1.58. The molecule has 1 aliphatic heterocycles. The minimum absolute atomic E-state index is 0.0527. The number of aliphatic hydroxyl groups excluding tert-OH is 1. The number of aliphatic hydroxyl groups is 1. The van der Waals surface area contributed by atoms with Gasteiger partial charge in [0.15, 0.2) is 0 Å². The van der Waals surface area contributed by atoms with Gasteiger partial charge in [-0.2, -0.15) is 0 Å². The van der Waals surface area contributed by atoms with Crippen molar-refractivity contribution >= 4 is 35.0 Å². The Morgan fingerprint density at radius 1 is 1.17 bits per heavy atom. The lowest BCUT2D eigenvalue weighted by Gasteiger charge is -2.19. The molecule has 2 fully saturated rings. The first-order chi connectivity index (χ1) is 11.5. The van der Waals surface area contributed by atoms with Crippen LogP contribution < -0.4 is 4.74 Å². The van der Waals surface area contributed by atoms with Crippen LogP contribution in [0.5, 0.6) is 5.75 Å². The molecule has 1 aliphatic carbocycles. The van der Waals surface area contributed by atoms with Crippen molar-refractivity contribution in [2.75, 3.05) is 13.2 Å². The van der Waals surface area contributed by atoms with E-state index in [1.165, 1.54) is 4.90 Å². The zero-order chi connectivity index (χ0) is 17.3. The van der Waals surface area contributed by atoms with Crippen LogP contribution in [0.1, 0.15) is 25.7 Å². The van der Waals surface area contributed by atoms with Crippen LogP contribution in [-0.2, 0) is 9.59 Å². The van der Waals surface area contributed by atoms with Gasteiger partial charge in [0, 0.05) is 11.1 Å². The number of likely N-dealkylation sites (tertiary alicyclic amines) is 1. The zero-order valence-corrected chi connectivity index (χ0v) is 14.6. The Hall–Kier alpha value is -1.30. The second-order valence-corrected chi connectivity index (χ2v) is 7.17. The van der Waals surface area contributed by atoms with Gasteiger partial charge in [-0.15, -0.1) is 0 Å². The van der Waals surface area contributed by atoms with Gasteiger partial charge < -0.3 is 9.84 Å². The summed E-state index contributed by atoms with van der Waals surface area (Å²) in [6, 6.07) is 4.79. The predicted octanol–water partition coefficient (Wildman–Crippen LogP) is 2.91. The molecular weight excluding hydrogens is 353 g/mol. The van der Waals surface area contributed by atoms with Crippen LogP contribution in [-0.4, -0.2) is 41.1 Å². The van der Waals surface area contributed by atoms with Crippen LogP contribution in [0.3, 0.4) is 0 Å². The van der Waals surface area contributed by atoms with E-state index >= 15 is 0 Å². The summed E-state index contributed by atoms with van der Waals surface area (Å²) in [6.45, 7) is -0.130. The van der Waals surface area contributed by atoms with Gasteiger partial charge in [-0.3, -0.25) is 14.5 Å². The van der Waals surface area contributed by atoms with E-state index in [0.717, 1.165) is 25.7 Å². The lowest BCUT2D eigenvalue weighted by Crippen LogP contribution is -2.40. The fourth-order valence-electron chi connectivity index (χ4n) is 3.45. The summed E-state index contributed by atoms with van der Waals surface area (Å²) in [5.74, 6) is -0.381. The third-order valence-corrected chi connectivity index (χ3v) is 5.20. The van der Waals surface area contributed by atoms with Gasteiger partial charge in [0.25, 0.3) is 0 Å². The first-order valence-corrected chi connectivity index (χ1v) is 8.84. The Kier molecular flexibility index (Phi) is 5.33. The van der Waals surface area contributed by atoms with Crippen molar-refractivity contribution in [1.29, 1.82) is 0 Å². The Morgan fingerprint density at radius 2 is 1.79 bits per heavy atom. The molecular formula is C17H19Cl2NO4. The van der Waals surface area contributed by atoms with Crippen LogP contribution in [0, 0.1) is 11.8 Å². The van der Waals surface area contributed by atoms with Gasteiger partial charge in [0.1, 0.15) is 18.5 Å². The molecule has 2 amide bonds. The van der Waals surface area contributed by atoms with Crippen LogP contribution in [0.2, 0.25) is 10.0 Å². The summed E-state index contributed by atoms with van der Waals surface area (Å²) >= 11 is 11.9. The number of β-amino-alcohol motifs (C(OH)–C–C–N with tert-alkyl or cyclic N) is 1. The van der Waals surface area contributed by atoms with Crippen molar-refractivity contribution in [2.45, 2.75) is 31.8 Å². The number of nitrogens with zero attached hydrogens (tertiary/aromatic N) is 1. The lowest BCUT2D eigenvalue weighted by molar-refractivity contribution is -0.141. The summed E-state index contributed by atoms with van der Waals surface area (Å²) in [5.41, 5.74) is 0. The van der Waals surface area contributed by atoms with E-state index in [2.05, 4.69) is 0 Å². The largest absolute Gasteiger partial charge is 0.489 e. The van der Waals surface area contributed by atoms with E-state index in [1.54, 1.807) is 18.2 Å². The van der Waals surface area contributed by atoms with Gasteiger partial charge in [0.2, 0.25) is 11.8 Å². The molecule has 5 nitrogen and oxygen atoms in total. The summed E-state index contributed by atoms with van der Waals surface area (Å²) < 4.78 is 5.46. The minimum atomic E-state index is -0.979. The fraction of sp³-hybridized carbons (Fsp3) is 0.529. The number of fused-ring (bicyclic) bond motifs is 1. The predicted molar refractivity (Wildman–Crippen MR) is 90.1 cm³/mol. The molecule has 0 aromatic heterocycles. The van der Waals surface area contributed by atoms with Crippen LogP contribution in [0.4, 0.5) is 0 Å². The summed E-state index contributed by atoms with van der Waals surface area (Å²) in [5, 5.41) is 11.0. The quantitative estimate of drug-likeness (QED) is 0.808. The van der Waals surface area contributed by atoms with Crippen molar-refractivity contribution in [3.05, 3.63) is 28.2 Å². The topological polar surface area (TPSA) is 66.8 Å². The van der Waals surface area contributed by atoms with Crippen LogP contribution >= 0.6 is 23.2 Å². The Bertz CT molecular complexity index is 627. The highest BCUT2D eigenvalue weighted by Crippen LogP contribution is 2.38. The highest BCUT2D eigenvalue weighted by molar-refractivity contribution is 6.34. The van der Waals surface area contributed by atoms with Crippen LogP contribution in [0.25, 0.3) is 0 Å². The van der Waals surface area contributed by atoms with Crippen molar-refractivity contribution < 1.29 is 19.4 Å². The maximum absolute atomic E-state index is 12.4. The van der Waals surface area contributed by atoms with Gasteiger partial charge >= 0.3 is 0 Å². The number of hydrogen-bond donors (Lipinski definition) is 1. The van der Waals surface area contributed by atoms with E-state index in [-0.39, 0.29) is 36.8 Å². The molecule has 1 saturated heterocycles. The molecule has 0 unspecified atom stereocenters. The second-order valence-electron chi connectivity index (χ2n) is 6.32. The van der Waals surface area contributed by atoms with E-state index in [1.807, 2.05) is 0 Å². The molecule has 1 N–H and O–H groups in total. The second kappa shape index (κ2) is 7.30. The maximum atomic E-state index is 12.4. The summed E-state index contributed by atoms with van der Waals surface area (Å²) in [4.78, 5) is 25.9. The van der Waals surface area contributed by atoms with E-state index in [0.29, 0.717) is 15.8 Å².